The van der Waals surface area contributed by atoms with E-state index in [2.05, 4.69) is 20.5 Å². The van der Waals surface area contributed by atoms with Crippen LogP contribution in [-0.2, 0) is 11.3 Å². The van der Waals surface area contributed by atoms with Crippen LogP contribution in [0.2, 0.25) is 0 Å². The number of aliphatic hydroxyl groups excluding tert-OH is 1. The van der Waals surface area contributed by atoms with E-state index in [0.29, 0.717) is 23.0 Å². The Morgan fingerprint density at radius 3 is 2.82 bits per heavy atom. The van der Waals surface area contributed by atoms with Gasteiger partial charge in [-0.05, 0) is 48.9 Å². The van der Waals surface area contributed by atoms with Gasteiger partial charge in [-0.1, -0.05) is 0 Å². The topological polar surface area (TPSA) is 150 Å². The molecule has 5 rings (SSSR count). The summed E-state index contributed by atoms with van der Waals surface area (Å²) >= 11 is 1.11. The van der Waals surface area contributed by atoms with Crippen molar-refractivity contribution in [3.05, 3.63) is 54.5 Å². The monoisotopic (exact) mass is 463 g/mol. The first-order valence-electron chi connectivity index (χ1n) is 10.4. The quantitative estimate of drug-likeness (QED) is 0.194. The van der Waals surface area contributed by atoms with Gasteiger partial charge in [0.25, 0.3) is 0 Å². The molecule has 4 aromatic heterocycles. The van der Waals surface area contributed by atoms with Crippen molar-refractivity contribution in [3.8, 4) is 11.1 Å². The maximum absolute atomic E-state index is 12.0. The summed E-state index contributed by atoms with van der Waals surface area (Å²) in [6.07, 6.45) is 8.69. The second-order valence-electron chi connectivity index (χ2n) is 7.66. The minimum absolute atomic E-state index is 0.00327. The number of amides is 1. The molecule has 0 saturated heterocycles. The standard InChI is InChI=1S/C21H21N9O2S/c22-16-4-3-14(15-9-24-28(10-15)7-8-31)11-29(16)21(23)33-19-6-5-18-25-17(12-30(18)27-19)26-20(32)13-1-2-13/h3-6,9-13,22-23,31H,1-2,7-8H2,(H,26,32). The second-order valence-corrected chi connectivity index (χ2v) is 8.67. The number of carbonyl (C=O) groups excluding carboxylic acids is 1. The lowest BCUT2D eigenvalue weighted by Gasteiger charge is -2.09. The van der Waals surface area contributed by atoms with E-state index in [9.17, 15) is 4.79 Å². The van der Waals surface area contributed by atoms with E-state index in [1.54, 1.807) is 52.1 Å². The van der Waals surface area contributed by atoms with Crippen molar-refractivity contribution < 1.29 is 9.90 Å². The maximum Gasteiger partial charge on any atom is 0.228 e. The average molecular weight is 464 g/mol. The summed E-state index contributed by atoms with van der Waals surface area (Å²) in [5, 5.41) is 38.0. The number of anilines is 1. The fourth-order valence-corrected chi connectivity index (χ4v) is 3.99. The molecule has 0 radical (unpaired) electrons. The SMILES string of the molecule is N=C(Sc1ccc2nc(NC(=O)C3CC3)cn2n1)n1cc(-c2cnn(CCO)c2)ccc1=N. The number of rotatable bonds is 6. The third kappa shape index (κ3) is 4.56. The van der Waals surface area contributed by atoms with Crippen LogP contribution >= 0.6 is 11.8 Å². The zero-order chi connectivity index (χ0) is 22.9. The van der Waals surface area contributed by atoms with Gasteiger partial charge in [-0.25, -0.2) is 9.50 Å². The summed E-state index contributed by atoms with van der Waals surface area (Å²) in [6, 6.07) is 6.94. The molecule has 4 aromatic rings. The largest absolute Gasteiger partial charge is 0.394 e. The Morgan fingerprint density at radius 2 is 2.03 bits per heavy atom. The summed E-state index contributed by atoms with van der Waals surface area (Å²) in [6.45, 7) is 0.396. The number of imidazole rings is 1. The van der Waals surface area contributed by atoms with E-state index in [1.165, 1.54) is 4.57 Å². The number of hydrogen-bond donors (Lipinski definition) is 4. The molecule has 0 aromatic carbocycles. The van der Waals surface area contributed by atoms with Crippen LogP contribution in [-0.4, -0.2) is 51.7 Å². The summed E-state index contributed by atoms with van der Waals surface area (Å²) in [5.41, 5.74) is 2.38. The van der Waals surface area contributed by atoms with Gasteiger partial charge >= 0.3 is 0 Å². The van der Waals surface area contributed by atoms with Gasteiger partial charge in [0.15, 0.2) is 16.6 Å². The predicted molar refractivity (Wildman–Crippen MR) is 122 cm³/mol. The zero-order valence-corrected chi connectivity index (χ0v) is 18.3. The number of carbonyl (C=O) groups is 1. The van der Waals surface area contributed by atoms with Crippen molar-refractivity contribution in [2.45, 2.75) is 24.4 Å². The third-order valence-corrected chi connectivity index (χ3v) is 5.98. The number of fused-ring (bicyclic) bond motifs is 1. The predicted octanol–water partition coefficient (Wildman–Crippen LogP) is 1.79. The number of pyridine rings is 1. The van der Waals surface area contributed by atoms with Gasteiger partial charge in [0, 0.05) is 29.4 Å². The zero-order valence-electron chi connectivity index (χ0n) is 17.5. The van der Waals surface area contributed by atoms with E-state index < -0.39 is 0 Å². The molecule has 1 aliphatic rings. The molecule has 1 fully saturated rings. The van der Waals surface area contributed by atoms with Crippen molar-refractivity contribution in [1.29, 1.82) is 10.8 Å². The van der Waals surface area contributed by atoms with Crippen molar-refractivity contribution in [2.75, 3.05) is 11.9 Å². The molecule has 0 bridgehead atoms. The lowest BCUT2D eigenvalue weighted by atomic mass is 10.2. The van der Waals surface area contributed by atoms with E-state index >= 15 is 0 Å². The van der Waals surface area contributed by atoms with Crippen LogP contribution in [0.4, 0.5) is 5.82 Å². The van der Waals surface area contributed by atoms with Gasteiger partial charge in [0.1, 0.15) is 10.5 Å². The first-order valence-corrected chi connectivity index (χ1v) is 11.2. The fourth-order valence-electron chi connectivity index (χ4n) is 3.28. The van der Waals surface area contributed by atoms with Gasteiger partial charge in [-0.2, -0.15) is 10.2 Å². The number of aromatic nitrogens is 6. The summed E-state index contributed by atoms with van der Waals surface area (Å²) < 4.78 is 4.67. The molecular formula is C21H21N9O2S. The summed E-state index contributed by atoms with van der Waals surface area (Å²) in [4.78, 5) is 16.3. The van der Waals surface area contributed by atoms with E-state index in [4.69, 9.17) is 15.9 Å². The van der Waals surface area contributed by atoms with Gasteiger partial charge in [0.2, 0.25) is 5.91 Å². The molecule has 168 valence electrons. The molecule has 0 atom stereocenters. The highest BCUT2D eigenvalue weighted by atomic mass is 32.2. The molecule has 0 aliphatic heterocycles. The minimum atomic E-state index is -0.0176. The molecule has 4 N–H and O–H groups in total. The van der Waals surface area contributed by atoms with Crippen molar-refractivity contribution in [1.82, 2.24) is 28.9 Å². The highest BCUT2D eigenvalue weighted by Crippen LogP contribution is 2.30. The van der Waals surface area contributed by atoms with Gasteiger partial charge in [-0.3, -0.25) is 24.9 Å². The van der Waals surface area contributed by atoms with Crippen LogP contribution in [0, 0.1) is 16.7 Å². The Balaban J connectivity index is 1.35. The summed E-state index contributed by atoms with van der Waals surface area (Å²) in [7, 11) is 0. The van der Waals surface area contributed by atoms with Gasteiger partial charge in [-0.15, -0.1) is 0 Å². The van der Waals surface area contributed by atoms with E-state index in [1.807, 2.05) is 6.20 Å². The minimum Gasteiger partial charge on any atom is -0.394 e. The number of nitrogens with one attached hydrogen (secondary N) is 3. The number of hydrogen-bond acceptors (Lipinski definition) is 8. The highest BCUT2D eigenvalue weighted by molar-refractivity contribution is 8.13. The summed E-state index contributed by atoms with van der Waals surface area (Å²) in [5.74, 6) is 0.523. The highest BCUT2D eigenvalue weighted by Gasteiger charge is 2.30. The molecule has 1 aliphatic carbocycles. The number of thioether (sulfide) groups is 1. The molecule has 1 saturated carbocycles. The van der Waals surface area contributed by atoms with Crippen LogP contribution in [0.15, 0.2) is 54.1 Å². The van der Waals surface area contributed by atoms with Gasteiger partial charge in [0.05, 0.1) is 25.5 Å². The van der Waals surface area contributed by atoms with Crippen LogP contribution in [0.3, 0.4) is 0 Å². The molecule has 1 amide bonds. The van der Waals surface area contributed by atoms with Crippen molar-refractivity contribution >= 4 is 34.3 Å². The Labute approximate surface area is 192 Å². The lowest BCUT2D eigenvalue weighted by Crippen LogP contribution is -2.23. The molecule has 0 unspecified atom stereocenters. The lowest BCUT2D eigenvalue weighted by molar-refractivity contribution is -0.117. The molecule has 12 heteroatoms. The number of aliphatic hydroxyl groups is 1. The molecule has 0 spiro atoms. The second kappa shape index (κ2) is 8.64. The molecular weight excluding hydrogens is 442 g/mol. The molecule has 33 heavy (non-hydrogen) atoms. The Morgan fingerprint density at radius 1 is 1.18 bits per heavy atom. The van der Waals surface area contributed by atoms with E-state index in [0.717, 1.165) is 35.7 Å². The molecule has 4 heterocycles. The normalized spacial score (nSPS) is 13.4. The van der Waals surface area contributed by atoms with Crippen molar-refractivity contribution in [3.63, 3.8) is 0 Å². The van der Waals surface area contributed by atoms with Crippen LogP contribution in [0.1, 0.15) is 12.8 Å². The Kier molecular flexibility index (Phi) is 5.52. The van der Waals surface area contributed by atoms with Crippen LogP contribution in [0.25, 0.3) is 16.8 Å². The van der Waals surface area contributed by atoms with Crippen LogP contribution < -0.4 is 10.8 Å². The smallest absolute Gasteiger partial charge is 0.228 e. The van der Waals surface area contributed by atoms with E-state index in [-0.39, 0.29) is 29.1 Å². The maximum atomic E-state index is 12.0. The molecule has 11 nitrogen and oxygen atoms in total. The average Bonchev–Trinajstić information content (AvgIpc) is 3.43. The fraction of sp³-hybridized carbons (Fsp3) is 0.238. The first kappa shape index (κ1) is 21.1. The van der Waals surface area contributed by atoms with Crippen LogP contribution in [0.5, 0.6) is 0 Å². The van der Waals surface area contributed by atoms with Crippen molar-refractivity contribution in [2.24, 2.45) is 5.92 Å². The Hall–Kier alpha value is -3.77. The van der Waals surface area contributed by atoms with Gasteiger partial charge < -0.3 is 10.4 Å². The third-order valence-electron chi connectivity index (χ3n) is 5.16. The first-order chi connectivity index (χ1) is 16.0. The Bertz CT molecular complexity index is 1420. The number of nitrogens with zero attached hydrogens (tertiary/aromatic N) is 6.